The fourth-order valence-corrected chi connectivity index (χ4v) is 7.05. The molecule has 2 aromatic carbocycles. The zero-order valence-electron chi connectivity index (χ0n) is 18.1. The molecule has 2 aliphatic heterocycles. The molecule has 0 radical (unpaired) electrons. The Bertz CT molecular complexity index is 1020. The molecule has 2 fully saturated rings. The molecule has 0 N–H and O–H groups in total. The number of allylic oxidation sites excluding steroid dienone is 1. The fraction of sp³-hybridized carbons (Fsp3) is 0.462. The summed E-state index contributed by atoms with van der Waals surface area (Å²) in [6.45, 7) is 4.91. The highest BCUT2D eigenvalue weighted by Gasteiger charge is 2.42. The monoisotopic (exact) mass is 436 g/mol. The van der Waals surface area contributed by atoms with Crippen molar-refractivity contribution in [1.82, 2.24) is 9.21 Å². The number of rotatable bonds is 7. The van der Waals surface area contributed by atoms with E-state index < -0.39 is 10.0 Å². The molecule has 31 heavy (non-hydrogen) atoms. The van der Waals surface area contributed by atoms with Crippen molar-refractivity contribution in [2.24, 2.45) is 11.8 Å². The van der Waals surface area contributed by atoms with E-state index in [1.807, 2.05) is 30.3 Å². The van der Waals surface area contributed by atoms with Crippen molar-refractivity contribution in [2.45, 2.75) is 31.4 Å². The van der Waals surface area contributed by atoms with E-state index in [9.17, 15) is 8.42 Å². The summed E-state index contributed by atoms with van der Waals surface area (Å²) in [5.74, 6) is 0.828. The van der Waals surface area contributed by atoms with Gasteiger partial charge in [-0.1, -0.05) is 60.7 Å². The van der Waals surface area contributed by atoms with E-state index in [2.05, 4.69) is 35.2 Å². The van der Waals surface area contributed by atoms with Gasteiger partial charge in [-0.15, -0.1) is 0 Å². The standard InChI is InChI=1S/C26H32N2O2S/c29-31(30,20-22-6-2-1-3-7-22)28-18-24-12-13-25(26(24)19-28)23-10-8-21(9-11-23)14-17-27-15-4-5-16-27/h1-3,6-11,13,24,26H,4-5,12,14-20H2. The van der Waals surface area contributed by atoms with Gasteiger partial charge in [-0.25, -0.2) is 12.7 Å². The highest BCUT2D eigenvalue weighted by atomic mass is 32.2. The largest absolute Gasteiger partial charge is 0.303 e. The average Bonchev–Trinajstić information content (AvgIpc) is 3.51. The molecule has 0 bridgehead atoms. The maximum atomic E-state index is 13.0. The quantitative estimate of drug-likeness (QED) is 0.653. The van der Waals surface area contributed by atoms with Crippen LogP contribution in [0.15, 0.2) is 60.7 Å². The Labute approximate surface area is 186 Å². The number of benzene rings is 2. The second kappa shape index (κ2) is 8.89. The second-order valence-electron chi connectivity index (χ2n) is 9.32. The summed E-state index contributed by atoms with van der Waals surface area (Å²) in [7, 11) is -3.28. The van der Waals surface area contributed by atoms with Gasteiger partial charge in [0.25, 0.3) is 0 Å². The molecule has 0 spiro atoms. The molecule has 0 saturated carbocycles. The van der Waals surface area contributed by atoms with E-state index in [0.29, 0.717) is 24.9 Å². The van der Waals surface area contributed by atoms with Crippen LogP contribution in [0.2, 0.25) is 0 Å². The van der Waals surface area contributed by atoms with Gasteiger partial charge in [0.05, 0.1) is 5.75 Å². The Morgan fingerprint density at radius 2 is 1.61 bits per heavy atom. The zero-order chi connectivity index (χ0) is 21.3. The molecule has 2 aromatic rings. The first kappa shape index (κ1) is 20.9. The molecule has 2 atom stereocenters. The van der Waals surface area contributed by atoms with Crippen molar-refractivity contribution in [3.63, 3.8) is 0 Å². The van der Waals surface area contributed by atoms with Gasteiger partial charge in [0.15, 0.2) is 0 Å². The van der Waals surface area contributed by atoms with Crippen LogP contribution in [0.1, 0.15) is 36.0 Å². The van der Waals surface area contributed by atoms with Crippen LogP contribution in [0.3, 0.4) is 0 Å². The molecule has 5 rings (SSSR count). The third-order valence-electron chi connectivity index (χ3n) is 7.24. The molecule has 2 heterocycles. The lowest BCUT2D eigenvalue weighted by molar-refractivity contribution is 0.343. The molecule has 2 unspecified atom stereocenters. The zero-order valence-corrected chi connectivity index (χ0v) is 18.9. The van der Waals surface area contributed by atoms with Crippen LogP contribution < -0.4 is 0 Å². The van der Waals surface area contributed by atoms with Gasteiger partial charge in [-0.05, 0) is 67.0 Å². The minimum atomic E-state index is -3.28. The summed E-state index contributed by atoms with van der Waals surface area (Å²) >= 11 is 0. The van der Waals surface area contributed by atoms with Gasteiger partial charge < -0.3 is 4.90 Å². The maximum Gasteiger partial charge on any atom is 0.218 e. The maximum absolute atomic E-state index is 13.0. The van der Waals surface area contributed by atoms with Crippen molar-refractivity contribution < 1.29 is 8.42 Å². The average molecular weight is 437 g/mol. The summed E-state index contributed by atoms with van der Waals surface area (Å²) in [6, 6.07) is 18.5. The van der Waals surface area contributed by atoms with Crippen LogP contribution in [-0.4, -0.2) is 50.3 Å². The highest BCUT2D eigenvalue weighted by Crippen LogP contribution is 2.44. The molecule has 0 amide bonds. The van der Waals surface area contributed by atoms with Gasteiger partial charge >= 0.3 is 0 Å². The van der Waals surface area contributed by atoms with E-state index in [-0.39, 0.29) is 5.75 Å². The molecule has 164 valence electrons. The Kier molecular flexibility index (Phi) is 6.00. The van der Waals surface area contributed by atoms with Crippen LogP contribution >= 0.6 is 0 Å². The molecule has 3 aliphatic rings. The number of likely N-dealkylation sites (tertiary alicyclic amines) is 1. The number of fused-ring (bicyclic) bond motifs is 1. The molecular formula is C26H32N2O2S. The molecular weight excluding hydrogens is 404 g/mol. The normalized spacial score (nSPS) is 24.5. The third kappa shape index (κ3) is 4.64. The van der Waals surface area contributed by atoms with Crippen molar-refractivity contribution >= 4 is 15.6 Å². The number of nitrogens with zero attached hydrogens (tertiary/aromatic N) is 2. The van der Waals surface area contributed by atoms with E-state index in [1.165, 1.54) is 42.6 Å². The SMILES string of the molecule is O=S(=O)(Cc1ccccc1)N1CC2CC=C(c3ccc(CCN4CCCC4)cc3)C2C1. The van der Waals surface area contributed by atoms with Gasteiger partial charge in [0.1, 0.15) is 0 Å². The predicted molar refractivity (Wildman–Crippen MR) is 126 cm³/mol. The van der Waals surface area contributed by atoms with Crippen molar-refractivity contribution in [1.29, 1.82) is 0 Å². The first-order valence-corrected chi connectivity index (χ1v) is 13.2. The summed E-state index contributed by atoms with van der Waals surface area (Å²) in [5.41, 5.74) is 4.86. The van der Waals surface area contributed by atoms with Gasteiger partial charge in [0, 0.05) is 25.6 Å². The minimum Gasteiger partial charge on any atom is -0.303 e. The summed E-state index contributed by atoms with van der Waals surface area (Å²) < 4.78 is 27.7. The smallest absolute Gasteiger partial charge is 0.218 e. The molecule has 1 aliphatic carbocycles. The van der Waals surface area contributed by atoms with Crippen LogP contribution in [-0.2, 0) is 22.2 Å². The van der Waals surface area contributed by atoms with Crippen molar-refractivity contribution in [3.05, 3.63) is 77.4 Å². The number of hydrogen-bond donors (Lipinski definition) is 0. The lowest BCUT2D eigenvalue weighted by Crippen LogP contribution is -2.30. The fourth-order valence-electron chi connectivity index (χ4n) is 5.45. The molecule has 4 nitrogen and oxygen atoms in total. The molecule has 2 saturated heterocycles. The van der Waals surface area contributed by atoms with Gasteiger partial charge in [-0.2, -0.15) is 0 Å². The van der Waals surface area contributed by atoms with Crippen LogP contribution in [0.25, 0.3) is 5.57 Å². The summed E-state index contributed by atoms with van der Waals surface area (Å²) in [6.07, 6.45) is 7.11. The van der Waals surface area contributed by atoms with E-state index >= 15 is 0 Å². The Hall–Kier alpha value is -1.95. The Morgan fingerprint density at radius 3 is 2.35 bits per heavy atom. The minimum absolute atomic E-state index is 0.0953. The van der Waals surface area contributed by atoms with Gasteiger partial charge in [0.2, 0.25) is 10.0 Å². The van der Waals surface area contributed by atoms with Crippen molar-refractivity contribution in [3.8, 4) is 0 Å². The predicted octanol–water partition coefficient (Wildman–Crippen LogP) is 4.19. The topological polar surface area (TPSA) is 40.6 Å². The van der Waals surface area contributed by atoms with Crippen LogP contribution in [0.4, 0.5) is 0 Å². The lowest BCUT2D eigenvalue weighted by Gasteiger charge is -2.18. The first-order valence-electron chi connectivity index (χ1n) is 11.6. The van der Waals surface area contributed by atoms with E-state index in [4.69, 9.17) is 0 Å². The first-order chi connectivity index (χ1) is 15.1. The van der Waals surface area contributed by atoms with E-state index in [1.54, 1.807) is 4.31 Å². The number of sulfonamides is 1. The van der Waals surface area contributed by atoms with Crippen LogP contribution in [0, 0.1) is 11.8 Å². The molecule has 5 heteroatoms. The van der Waals surface area contributed by atoms with Crippen LogP contribution in [0.5, 0.6) is 0 Å². The van der Waals surface area contributed by atoms with E-state index in [0.717, 1.165) is 24.9 Å². The Balaban J connectivity index is 1.22. The van der Waals surface area contributed by atoms with Crippen molar-refractivity contribution in [2.75, 3.05) is 32.7 Å². The summed E-state index contributed by atoms with van der Waals surface area (Å²) in [4.78, 5) is 2.56. The molecule has 0 aromatic heterocycles. The number of hydrogen-bond acceptors (Lipinski definition) is 3. The third-order valence-corrected chi connectivity index (χ3v) is 9.02. The second-order valence-corrected chi connectivity index (χ2v) is 11.3. The highest BCUT2D eigenvalue weighted by molar-refractivity contribution is 7.88. The lowest BCUT2D eigenvalue weighted by atomic mass is 9.90. The van der Waals surface area contributed by atoms with Gasteiger partial charge in [-0.3, -0.25) is 0 Å². The Morgan fingerprint density at radius 1 is 0.871 bits per heavy atom. The summed E-state index contributed by atoms with van der Waals surface area (Å²) in [5, 5.41) is 0.